The van der Waals surface area contributed by atoms with Gasteiger partial charge in [0.25, 0.3) is 0 Å². The summed E-state index contributed by atoms with van der Waals surface area (Å²) in [4.78, 5) is 13.6. The summed E-state index contributed by atoms with van der Waals surface area (Å²) >= 11 is 0. The van der Waals surface area contributed by atoms with Crippen LogP contribution in [0, 0.1) is 5.92 Å². The van der Waals surface area contributed by atoms with Crippen LogP contribution < -0.4 is 10.1 Å². The van der Waals surface area contributed by atoms with E-state index in [1.165, 1.54) is 32.9 Å². The van der Waals surface area contributed by atoms with E-state index in [0.29, 0.717) is 17.8 Å². The molecule has 2 unspecified atom stereocenters. The summed E-state index contributed by atoms with van der Waals surface area (Å²) in [5.41, 5.74) is 2.51. The molecule has 2 bridgehead atoms. The number of anilines is 1. The molecule has 4 heterocycles. The van der Waals surface area contributed by atoms with Gasteiger partial charge in [0.05, 0.1) is 5.69 Å². The van der Waals surface area contributed by atoms with E-state index >= 15 is 0 Å². The molecule has 2 aromatic rings. The van der Waals surface area contributed by atoms with Crippen molar-refractivity contribution in [2.45, 2.75) is 38.8 Å². The second-order valence-corrected chi connectivity index (χ2v) is 7.21. The molecule has 1 amide bonds. The van der Waals surface area contributed by atoms with Crippen molar-refractivity contribution >= 4 is 11.6 Å². The van der Waals surface area contributed by atoms with E-state index in [1.807, 2.05) is 36.4 Å². The highest BCUT2D eigenvalue weighted by molar-refractivity contribution is 5.88. The Labute approximate surface area is 153 Å². The van der Waals surface area contributed by atoms with Crippen molar-refractivity contribution in [1.82, 2.24) is 15.1 Å². The van der Waals surface area contributed by atoms with Crippen molar-refractivity contribution in [2.75, 3.05) is 18.4 Å². The van der Waals surface area contributed by atoms with Crippen molar-refractivity contribution in [3.8, 4) is 17.1 Å². The molecule has 1 N–H and O–H groups in total. The van der Waals surface area contributed by atoms with E-state index in [4.69, 9.17) is 4.74 Å². The standard InChI is InChI=1S/C20H24N4O2/c1-13-20(16-9-11-24(13)12-10-16)26-19-8-7-18(22-23-19)15-3-5-17(6-4-15)21-14(2)25/h3-8,13,16,20H,9-12H2,1-2H3,(H,21,25). The third-order valence-corrected chi connectivity index (χ3v) is 5.49. The average Bonchev–Trinajstić information content (AvgIpc) is 2.66. The summed E-state index contributed by atoms with van der Waals surface area (Å²) < 4.78 is 6.19. The van der Waals surface area contributed by atoms with Crippen LogP contribution in [0.5, 0.6) is 5.88 Å². The highest BCUT2D eigenvalue weighted by atomic mass is 16.5. The molecule has 0 saturated carbocycles. The van der Waals surface area contributed by atoms with Gasteiger partial charge in [0.2, 0.25) is 11.8 Å². The van der Waals surface area contributed by atoms with Gasteiger partial charge in [-0.15, -0.1) is 10.2 Å². The Hall–Kier alpha value is -2.47. The monoisotopic (exact) mass is 352 g/mol. The maximum Gasteiger partial charge on any atom is 0.233 e. The molecule has 1 aromatic heterocycles. The summed E-state index contributed by atoms with van der Waals surface area (Å²) in [5, 5.41) is 11.4. The van der Waals surface area contributed by atoms with Crippen LogP contribution in [0.1, 0.15) is 26.7 Å². The summed E-state index contributed by atoms with van der Waals surface area (Å²) in [5.74, 6) is 1.13. The smallest absolute Gasteiger partial charge is 0.233 e. The topological polar surface area (TPSA) is 67.3 Å². The van der Waals surface area contributed by atoms with Crippen molar-refractivity contribution in [1.29, 1.82) is 0 Å². The number of aromatic nitrogens is 2. The van der Waals surface area contributed by atoms with Crippen LogP contribution in [0.2, 0.25) is 0 Å². The molecule has 0 radical (unpaired) electrons. The normalized spacial score (nSPS) is 27.2. The molecule has 3 aliphatic rings. The van der Waals surface area contributed by atoms with Crippen LogP contribution >= 0.6 is 0 Å². The Morgan fingerprint density at radius 2 is 1.85 bits per heavy atom. The van der Waals surface area contributed by atoms with Gasteiger partial charge in [-0.25, -0.2) is 0 Å². The fourth-order valence-corrected chi connectivity index (χ4v) is 4.06. The zero-order valence-electron chi connectivity index (χ0n) is 15.2. The lowest BCUT2D eigenvalue weighted by atomic mass is 9.81. The minimum Gasteiger partial charge on any atom is -0.471 e. The molecular formula is C20H24N4O2. The van der Waals surface area contributed by atoms with Gasteiger partial charge in [-0.05, 0) is 57.0 Å². The molecule has 136 valence electrons. The zero-order valence-corrected chi connectivity index (χ0v) is 15.2. The predicted molar refractivity (Wildman–Crippen MR) is 99.9 cm³/mol. The molecule has 26 heavy (non-hydrogen) atoms. The molecule has 5 rings (SSSR count). The second-order valence-electron chi connectivity index (χ2n) is 7.21. The van der Waals surface area contributed by atoms with Crippen LogP contribution in [0.15, 0.2) is 36.4 Å². The average molecular weight is 352 g/mol. The Morgan fingerprint density at radius 1 is 1.12 bits per heavy atom. The van der Waals surface area contributed by atoms with E-state index in [0.717, 1.165) is 16.9 Å². The van der Waals surface area contributed by atoms with Gasteiger partial charge in [0.1, 0.15) is 6.10 Å². The summed E-state index contributed by atoms with van der Waals surface area (Å²) in [6, 6.07) is 11.8. The summed E-state index contributed by atoms with van der Waals surface area (Å²) in [7, 11) is 0. The highest BCUT2D eigenvalue weighted by Gasteiger charge is 2.41. The molecular weight excluding hydrogens is 328 g/mol. The number of piperidine rings is 3. The van der Waals surface area contributed by atoms with Crippen LogP contribution in [0.25, 0.3) is 11.3 Å². The fourth-order valence-electron chi connectivity index (χ4n) is 4.06. The van der Waals surface area contributed by atoms with Crippen molar-refractivity contribution in [2.24, 2.45) is 5.92 Å². The van der Waals surface area contributed by atoms with Gasteiger partial charge in [0.15, 0.2) is 0 Å². The Morgan fingerprint density at radius 3 is 2.42 bits per heavy atom. The minimum atomic E-state index is -0.0824. The third-order valence-electron chi connectivity index (χ3n) is 5.49. The van der Waals surface area contributed by atoms with Crippen molar-refractivity contribution in [3.05, 3.63) is 36.4 Å². The van der Waals surface area contributed by atoms with Gasteiger partial charge < -0.3 is 10.1 Å². The maximum atomic E-state index is 11.1. The number of ether oxygens (including phenoxy) is 1. The number of benzene rings is 1. The molecule has 6 nitrogen and oxygen atoms in total. The molecule has 3 saturated heterocycles. The number of nitrogens with one attached hydrogen (secondary N) is 1. The zero-order chi connectivity index (χ0) is 18.1. The number of amides is 1. The van der Waals surface area contributed by atoms with E-state index in [2.05, 4.69) is 27.3 Å². The Kier molecular flexibility index (Phi) is 4.59. The lowest BCUT2D eigenvalue weighted by Crippen LogP contribution is -2.58. The molecule has 1 aromatic carbocycles. The number of rotatable bonds is 4. The minimum absolute atomic E-state index is 0.0824. The molecule has 2 atom stereocenters. The van der Waals surface area contributed by atoms with Crippen molar-refractivity contribution in [3.63, 3.8) is 0 Å². The van der Waals surface area contributed by atoms with E-state index in [9.17, 15) is 4.79 Å². The van der Waals surface area contributed by atoms with Gasteiger partial charge in [-0.1, -0.05) is 12.1 Å². The third kappa shape index (κ3) is 3.42. The van der Waals surface area contributed by atoms with E-state index < -0.39 is 0 Å². The fraction of sp³-hybridized carbons (Fsp3) is 0.450. The number of hydrogen-bond acceptors (Lipinski definition) is 5. The quantitative estimate of drug-likeness (QED) is 0.916. The molecule has 0 spiro atoms. The highest BCUT2D eigenvalue weighted by Crippen LogP contribution is 2.34. The van der Waals surface area contributed by atoms with Gasteiger partial charge in [-0.2, -0.15) is 0 Å². The van der Waals surface area contributed by atoms with Gasteiger partial charge in [-0.3, -0.25) is 9.69 Å². The van der Waals surface area contributed by atoms with Crippen LogP contribution in [-0.2, 0) is 4.79 Å². The molecule has 0 aliphatic carbocycles. The first-order valence-electron chi connectivity index (χ1n) is 9.22. The first kappa shape index (κ1) is 17.0. The number of carbonyl (C=O) groups is 1. The SMILES string of the molecule is CC(=O)Nc1ccc(-c2ccc(OC3C4CCN(CC4)C3C)nn2)cc1. The summed E-state index contributed by atoms with van der Waals surface area (Å²) in [6.07, 6.45) is 2.62. The lowest BCUT2D eigenvalue weighted by Gasteiger charge is -2.48. The largest absolute Gasteiger partial charge is 0.471 e. The summed E-state index contributed by atoms with van der Waals surface area (Å²) in [6.45, 7) is 6.11. The van der Waals surface area contributed by atoms with E-state index in [1.54, 1.807) is 0 Å². The van der Waals surface area contributed by atoms with E-state index in [-0.39, 0.29) is 12.0 Å². The Balaban J connectivity index is 1.44. The first-order chi connectivity index (χ1) is 12.6. The maximum absolute atomic E-state index is 11.1. The van der Waals surface area contributed by atoms with Crippen molar-refractivity contribution < 1.29 is 9.53 Å². The second kappa shape index (κ2) is 7.03. The molecule has 6 heteroatoms. The lowest BCUT2D eigenvalue weighted by molar-refractivity contribution is -0.114. The van der Waals surface area contributed by atoms with Gasteiger partial charge >= 0.3 is 0 Å². The number of fused-ring (bicyclic) bond motifs is 3. The number of nitrogens with zero attached hydrogens (tertiary/aromatic N) is 3. The number of hydrogen-bond donors (Lipinski definition) is 1. The predicted octanol–water partition coefficient (Wildman–Crippen LogP) is 2.96. The Bertz CT molecular complexity index is 765. The van der Waals surface area contributed by atoms with Crippen LogP contribution in [0.4, 0.5) is 5.69 Å². The first-order valence-corrected chi connectivity index (χ1v) is 9.22. The number of carbonyl (C=O) groups excluding carboxylic acids is 1. The molecule has 3 aliphatic heterocycles. The molecule has 3 fully saturated rings. The van der Waals surface area contributed by atoms with Crippen LogP contribution in [0.3, 0.4) is 0 Å². The van der Waals surface area contributed by atoms with Gasteiger partial charge in [0, 0.05) is 30.3 Å². The van der Waals surface area contributed by atoms with Crippen LogP contribution in [-0.4, -0.2) is 46.2 Å².